The van der Waals surface area contributed by atoms with E-state index in [-0.39, 0.29) is 12.7 Å². The van der Waals surface area contributed by atoms with Crippen LogP contribution in [0.4, 0.5) is 5.69 Å². The molecule has 0 radical (unpaired) electrons. The summed E-state index contributed by atoms with van der Waals surface area (Å²) in [5, 5.41) is 12.1. The molecule has 150 valence electrons. The molecule has 0 bridgehead atoms. The van der Waals surface area contributed by atoms with Gasteiger partial charge in [0.15, 0.2) is 11.5 Å². The Morgan fingerprint density at radius 1 is 1.14 bits per heavy atom. The molecule has 0 saturated heterocycles. The van der Waals surface area contributed by atoms with E-state index in [1.54, 1.807) is 31.4 Å². The molecule has 0 unspecified atom stereocenters. The highest BCUT2D eigenvalue weighted by Crippen LogP contribution is 2.32. The van der Waals surface area contributed by atoms with Gasteiger partial charge in [-0.3, -0.25) is 9.69 Å². The quantitative estimate of drug-likeness (QED) is 0.638. The van der Waals surface area contributed by atoms with E-state index in [9.17, 15) is 4.79 Å². The Hall–Kier alpha value is -3.17. The van der Waals surface area contributed by atoms with Gasteiger partial charge < -0.3 is 19.5 Å². The van der Waals surface area contributed by atoms with E-state index >= 15 is 0 Å². The minimum Gasteiger partial charge on any atom is -0.497 e. The molecule has 1 aliphatic rings. The number of benzene rings is 2. The Labute approximate surface area is 172 Å². The van der Waals surface area contributed by atoms with Gasteiger partial charge in [-0.15, -0.1) is 10.2 Å². The van der Waals surface area contributed by atoms with Crippen molar-refractivity contribution in [2.24, 2.45) is 0 Å². The largest absolute Gasteiger partial charge is 0.497 e. The van der Waals surface area contributed by atoms with Gasteiger partial charge in [-0.1, -0.05) is 17.4 Å². The molecule has 2 heterocycles. The summed E-state index contributed by atoms with van der Waals surface area (Å²) < 4.78 is 15.9. The van der Waals surface area contributed by atoms with Gasteiger partial charge in [0.25, 0.3) is 5.91 Å². The first-order valence-corrected chi connectivity index (χ1v) is 9.77. The second kappa shape index (κ2) is 8.46. The molecule has 0 atom stereocenters. The van der Waals surface area contributed by atoms with Crippen molar-refractivity contribution in [1.29, 1.82) is 0 Å². The lowest BCUT2D eigenvalue weighted by molar-refractivity contribution is 0.102. The second-order valence-electron chi connectivity index (χ2n) is 6.54. The Morgan fingerprint density at radius 3 is 2.72 bits per heavy atom. The van der Waals surface area contributed by atoms with Gasteiger partial charge in [0.1, 0.15) is 10.8 Å². The number of aromatic nitrogens is 2. The highest BCUT2D eigenvalue weighted by atomic mass is 32.1. The van der Waals surface area contributed by atoms with Crippen molar-refractivity contribution in [3.05, 3.63) is 58.0 Å². The van der Waals surface area contributed by atoms with Gasteiger partial charge in [-0.05, 0) is 49.0 Å². The molecule has 1 aliphatic heterocycles. The van der Waals surface area contributed by atoms with Crippen molar-refractivity contribution in [3.8, 4) is 17.2 Å². The lowest BCUT2D eigenvalue weighted by atomic mass is 10.2. The summed E-state index contributed by atoms with van der Waals surface area (Å²) in [5.74, 6) is 1.99. The van der Waals surface area contributed by atoms with Crippen LogP contribution in [0.2, 0.25) is 0 Å². The van der Waals surface area contributed by atoms with E-state index in [1.165, 1.54) is 11.3 Å². The monoisotopic (exact) mass is 412 g/mol. The molecule has 2 aromatic carbocycles. The number of nitrogens with one attached hydrogen (secondary N) is 1. The van der Waals surface area contributed by atoms with E-state index in [0.29, 0.717) is 23.8 Å². The van der Waals surface area contributed by atoms with Crippen LogP contribution in [0.15, 0.2) is 42.5 Å². The van der Waals surface area contributed by atoms with Gasteiger partial charge in [-0.25, -0.2) is 0 Å². The van der Waals surface area contributed by atoms with E-state index in [1.807, 2.05) is 25.2 Å². The maximum atomic E-state index is 12.4. The van der Waals surface area contributed by atoms with Crippen LogP contribution in [-0.4, -0.2) is 42.0 Å². The molecule has 0 saturated carbocycles. The van der Waals surface area contributed by atoms with Gasteiger partial charge in [0.05, 0.1) is 13.7 Å². The van der Waals surface area contributed by atoms with E-state index in [4.69, 9.17) is 14.2 Å². The van der Waals surface area contributed by atoms with Crippen molar-refractivity contribution in [2.45, 2.75) is 13.1 Å². The Bertz CT molecular complexity index is 1010. The standard InChI is InChI=1S/C20H20N4O4S/c1-24(10-13-3-8-16-17(9-13)28-12-27-16)11-18-22-23-20(29-18)19(25)21-14-4-6-15(26-2)7-5-14/h3-9H,10-12H2,1-2H3,(H,21,25). The van der Waals surface area contributed by atoms with Crippen molar-refractivity contribution in [2.75, 3.05) is 26.3 Å². The zero-order valence-corrected chi connectivity index (χ0v) is 16.9. The fourth-order valence-electron chi connectivity index (χ4n) is 2.91. The molecule has 0 spiro atoms. The van der Waals surface area contributed by atoms with Crippen LogP contribution in [0, 0.1) is 0 Å². The second-order valence-corrected chi connectivity index (χ2v) is 7.61. The number of hydrogen-bond donors (Lipinski definition) is 1. The molecule has 9 heteroatoms. The van der Waals surface area contributed by atoms with E-state index in [0.717, 1.165) is 27.8 Å². The van der Waals surface area contributed by atoms with Gasteiger partial charge in [0, 0.05) is 12.2 Å². The maximum absolute atomic E-state index is 12.4. The van der Waals surface area contributed by atoms with Crippen LogP contribution in [0.25, 0.3) is 0 Å². The predicted molar refractivity (Wildman–Crippen MR) is 109 cm³/mol. The number of ether oxygens (including phenoxy) is 3. The summed E-state index contributed by atoms with van der Waals surface area (Å²) in [6.07, 6.45) is 0. The molecule has 0 aliphatic carbocycles. The number of anilines is 1. The predicted octanol–water partition coefficient (Wildman–Crippen LogP) is 3.16. The number of rotatable bonds is 7. The lowest BCUT2D eigenvalue weighted by Gasteiger charge is -2.15. The average molecular weight is 412 g/mol. The van der Waals surface area contributed by atoms with Gasteiger partial charge >= 0.3 is 0 Å². The smallest absolute Gasteiger partial charge is 0.286 e. The molecule has 4 rings (SSSR count). The van der Waals surface area contributed by atoms with Crippen molar-refractivity contribution < 1.29 is 19.0 Å². The van der Waals surface area contributed by atoms with Crippen LogP contribution >= 0.6 is 11.3 Å². The first kappa shape index (κ1) is 19.2. The number of amides is 1. The number of carbonyl (C=O) groups is 1. The summed E-state index contributed by atoms with van der Waals surface area (Å²) in [6, 6.07) is 13.0. The Balaban J connectivity index is 1.33. The van der Waals surface area contributed by atoms with Crippen LogP contribution < -0.4 is 19.5 Å². The SMILES string of the molecule is COc1ccc(NC(=O)c2nnc(CN(C)Cc3ccc4c(c3)OCO4)s2)cc1. The summed E-state index contributed by atoms with van der Waals surface area (Å²) in [5.41, 5.74) is 1.78. The fraction of sp³-hybridized carbons (Fsp3) is 0.250. The lowest BCUT2D eigenvalue weighted by Crippen LogP contribution is -2.17. The number of methoxy groups -OCH3 is 1. The third-order valence-electron chi connectivity index (χ3n) is 4.30. The minimum atomic E-state index is -0.280. The molecule has 3 aromatic rings. The molecule has 1 N–H and O–H groups in total. The molecule has 1 amide bonds. The third-order valence-corrected chi connectivity index (χ3v) is 5.21. The maximum Gasteiger partial charge on any atom is 0.286 e. The summed E-state index contributed by atoms with van der Waals surface area (Å²) in [4.78, 5) is 14.5. The van der Waals surface area contributed by atoms with Crippen molar-refractivity contribution in [3.63, 3.8) is 0 Å². The van der Waals surface area contributed by atoms with Crippen molar-refractivity contribution in [1.82, 2.24) is 15.1 Å². The number of hydrogen-bond acceptors (Lipinski definition) is 8. The molecule has 8 nitrogen and oxygen atoms in total. The first-order chi connectivity index (χ1) is 14.1. The van der Waals surface area contributed by atoms with Gasteiger partial charge in [0.2, 0.25) is 11.8 Å². The Kier molecular flexibility index (Phi) is 5.59. The summed E-state index contributed by atoms with van der Waals surface area (Å²) in [6.45, 7) is 1.56. The van der Waals surface area contributed by atoms with Gasteiger partial charge in [-0.2, -0.15) is 0 Å². The highest BCUT2D eigenvalue weighted by Gasteiger charge is 2.16. The summed E-state index contributed by atoms with van der Waals surface area (Å²) in [7, 11) is 3.59. The van der Waals surface area contributed by atoms with Crippen LogP contribution in [0.5, 0.6) is 17.2 Å². The zero-order chi connectivity index (χ0) is 20.2. The van der Waals surface area contributed by atoms with Crippen LogP contribution in [0.3, 0.4) is 0 Å². The molecular formula is C20H20N4O4S. The number of fused-ring (bicyclic) bond motifs is 1. The first-order valence-electron chi connectivity index (χ1n) is 8.95. The fourth-order valence-corrected chi connectivity index (χ4v) is 3.72. The third kappa shape index (κ3) is 4.64. The Morgan fingerprint density at radius 2 is 1.93 bits per heavy atom. The number of nitrogens with zero attached hydrogens (tertiary/aromatic N) is 3. The molecule has 0 fully saturated rings. The number of carbonyl (C=O) groups excluding carboxylic acids is 1. The van der Waals surface area contributed by atoms with E-state index in [2.05, 4.69) is 20.4 Å². The molecule has 29 heavy (non-hydrogen) atoms. The van der Waals surface area contributed by atoms with Crippen LogP contribution in [0.1, 0.15) is 20.4 Å². The average Bonchev–Trinajstić information content (AvgIpc) is 3.37. The molecule has 1 aromatic heterocycles. The summed E-state index contributed by atoms with van der Waals surface area (Å²) >= 11 is 1.28. The van der Waals surface area contributed by atoms with Crippen LogP contribution in [-0.2, 0) is 13.1 Å². The molecular weight excluding hydrogens is 392 g/mol. The topological polar surface area (TPSA) is 85.8 Å². The van der Waals surface area contributed by atoms with Crippen molar-refractivity contribution >= 4 is 22.9 Å². The minimum absolute atomic E-state index is 0.265. The zero-order valence-electron chi connectivity index (χ0n) is 16.0. The normalized spacial score (nSPS) is 12.2. The van der Waals surface area contributed by atoms with E-state index < -0.39 is 0 Å². The highest BCUT2D eigenvalue weighted by molar-refractivity contribution is 7.13.